The number of phenolic OH excluding ortho intramolecular Hbond substituents is 4. The predicted molar refractivity (Wildman–Crippen MR) is 108 cm³/mol. The van der Waals surface area contributed by atoms with Gasteiger partial charge in [0.25, 0.3) is 0 Å². The van der Waals surface area contributed by atoms with Crippen LogP contribution in [-0.4, -0.2) is 56.0 Å². The van der Waals surface area contributed by atoms with Crippen molar-refractivity contribution in [3.05, 3.63) is 59.7 Å². The Hall–Kier alpha value is -4.47. The van der Waals surface area contributed by atoms with Crippen molar-refractivity contribution in [1.82, 2.24) is 5.32 Å². The van der Waals surface area contributed by atoms with Crippen molar-refractivity contribution in [2.75, 3.05) is 6.54 Å². The van der Waals surface area contributed by atoms with E-state index in [-0.39, 0.29) is 17.2 Å². The molecule has 2 rings (SSSR count). The van der Waals surface area contributed by atoms with Crippen LogP contribution < -0.4 is 5.32 Å². The normalized spacial score (nSPS) is 12.0. The van der Waals surface area contributed by atoms with E-state index >= 15 is 0 Å². The van der Waals surface area contributed by atoms with E-state index in [4.69, 9.17) is 9.84 Å². The topological polar surface area (TPSA) is 174 Å². The van der Waals surface area contributed by atoms with E-state index in [1.165, 1.54) is 48.6 Å². The largest absolute Gasteiger partial charge is 0.504 e. The number of phenols is 4. The maximum Gasteiger partial charge on any atom is 0.346 e. The number of ether oxygens (including phenoxy) is 1. The van der Waals surface area contributed by atoms with E-state index in [1.54, 1.807) is 0 Å². The molecule has 0 aliphatic heterocycles. The Morgan fingerprint density at radius 2 is 1.35 bits per heavy atom. The highest BCUT2D eigenvalue weighted by Gasteiger charge is 2.21. The van der Waals surface area contributed by atoms with Gasteiger partial charge in [0.15, 0.2) is 23.0 Å². The predicted octanol–water partition coefficient (Wildman–Crippen LogP) is 1.35. The number of carbonyl (C=O) groups is 3. The molecule has 31 heavy (non-hydrogen) atoms. The van der Waals surface area contributed by atoms with Gasteiger partial charge in [-0.3, -0.25) is 4.79 Å². The number of amides is 1. The van der Waals surface area contributed by atoms with E-state index in [9.17, 15) is 34.8 Å². The molecule has 0 bridgehead atoms. The summed E-state index contributed by atoms with van der Waals surface area (Å²) in [7, 11) is 0. The summed E-state index contributed by atoms with van der Waals surface area (Å²) in [6.07, 6.45) is 2.92. The van der Waals surface area contributed by atoms with Crippen molar-refractivity contribution in [1.29, 1.82) is 0 Å². The van der Waals surface area contributed by atoms with Gasteiger partial charge in [-0.15, -0.1) is 0 Å². The van der Waals surface area contributed by atoms with Crippen LogP contribution in [0, 0.1) is 0 Å². The van der Waals surface area contributed by atoms with Crippen LogP contribution in [0.5, 0.6) is 23.0 Å². The molecule has 10 heteroatoms. The summed E-state index contributed by atoms with van der Waals surface area (Å²) in [5.41, 5.74) is 0.773. The van der Waals surface area contributed by atoms with Crippen LogP contribution in [0.3, 0.4) is 0 Å². The molecule has 10 nitrogen and oxygen atoms in total. The van der Waals surface area contributed by atoms with Crippen molar-refractivity contribution in [2.24, 2.45) is 0 Å². The highest BCUT2D eigenvalue weighted by atomic mass is 16.6. The zero-order valence-electron chi connectivity index (χ0n) is 15.9. The smallest absolute Gasteiger partial charge is 0.346 e. The lowest BCUT2D eigenvalue weighted by atomic mass is 10.2. The SMILES string of the molecule is O=C(/C=C/c1ccc(O)c(O)c1)NC[C@H](OC(=O)/C=C/c1ccc(O)c(O)c1)C(=O)O. The Morgan fingerprint density at radius 3 is 1.84 bits per heavy atom. The molecule has 0 unspecified atom stereocenters. The summed E-state index contributed by atoms with van der Waals surface area (Å²) in [6.45, 7) is -0.501. The Balaban J connectivity index is 1.90. The van der Waals surface area contributed by atoms with Crippen molar-refractivity contribution in [3.8, 4) is 23.0 Å². The number of benzene rings is 2. The number of esters is 1. The van der Waals surface area contributed by atoms with Gasteiger partial charge in [-0.2, -0.15) is 0 Å². The number of carbonyl (C=O) groups excluding carboxylic acids is 2. The van der Waals surface area contributed by atoms with Gasteiger partial charge in [-0.25, -0.2) is 9.59 Å². The molecule has 6 N–H and O–H groups in total. The fourth-order valence-electron chi connectivity index (χ4n) is 2.24. The van der Waals surface area contributed by atoms with Crippen molar-refractivity contribution in [3.63, 3.8) is 0 Å². The summed E-state index contributed by atoms with van der Waals surface area (Å²) in [5, 5.41) is 48.7. The average molecular weight is 429 g/mol. The van der Waals surface area contributed by atoms with Gasteiger partial charge in [0.1, 0.15) is 0 Å². The molecule has 1 amide bonds. The van der Waals surface area contributed by atoms with Crippen LogP contribution in [0.15, 0.2) is 48.6 Å². The van der Waals surface area contributed by atoms with Gasteiger partial charge in [-0.05, 0) is 47.5 Å². The molecule has 0 spiro atoms. The number of nitrogens with one attached hydrogen (secondary N) is 1. The van der Waals surface area contributed by atoms with Crippen LogP contribution in [0.1, 0.15) is 11.1 Å². The fraction of sp³-hybridized carbons (Fsp3) is 0.0952. The second-order valence-electron chi connectivity index (χ2n) is 6.17. The summed E-state index contributed by atoms with van der Waals surface area (Å²) in [4.78, 5) is 35.0. The Bertz CT molecular complexity index is 1040. The highest BCUT2D eigenvalue weighted by molar-refractivity contribution is 5.92. The molecule has 1 atom stereocenters. The lowest BCUT2D eigenvalue weighted by Crippen LogP contribution is -2.38. The second kappa shape index (κ2) is 10.3. The number of aliphatic carboxylic acids is 1. The molecule has 2 aromatic rings. The van der Waals surface area contributed by atoms with Gasteiger partial charge < -0.3 is 35.6 Å². The lowest BCUT2D eigenvalue weighted by Gasteiger charge is -2.12. The van der Waals surface area contributed by atoms with Crippen LogP contribution in [0.25, 0.3) is 12.2 Å². The first-order chi connectivity index (χ1) is 14.7. The number of hydrogen-bond donors (Lipinski definition) is 6. The summed E-state index contributed by atoms with van der Waals surface area (Å²) < 4.78 is 4.79. The minimum absolute atomic E-state index is 0.316. The van der Waals surface area contributed by atoms with Crippen molar-refractivity contribution >= 4 is 30.0 Å². The molecule has 0 radical (unpaired) electrons. The third-order valence-corrected chi connectivity index (χ3v) is 3.83. The molecule has 2 aromatic carbocycles. The van der Waals surface area contributed by atoms with Gasteiger partial charge in [0.05, 0.1) is 6.54 Å². The first kappa shape index (κ1) is 22.8. The Labute approximate surface area is 176 Å². The maximum atomic E-state index is 11.8. The third-order valence-electron chi connectivity index (χ3n) is 3.83. The Kier molecular flexibility index (Phi) is 7.62. The second-order valence-corrected chi connectivity index (χ2v) is 6.17. The zero-order valence-corrected chi connectivity index (χ0v) is 15.9. The first-order valence-corrected chi connectivity index (χ1v) is 8.77. The average Bonchev–Trinajstić information content (AvgIpc) is 2.72. The maximum absolute atomic E-state index is 11.8. The highest BCUT2D eigenvalue weighted by Crippen LogP contribution is 2.26. The molecular weight excluding hydrogens is 410 g/mol. The van der Waals surface area contributed by atoms with Crippen LogP contribution in [0.2, 0.25) is 0 Å². The van der Waals surface area contributed by atoms with E-state index < -0.39 is 36.2 Å². The molecule has 162 valence electrons. The minimum atomic E-state index is -1.65. The van der Waals surface area contributed by atoms with Gasteiger partial charge in [-0.1, -0.05) is 12.1 Å². The van der Waals surface area contributed by atoms with Crippen molar-refractivity contribution in [2.45, 2.75) is 6.10 Å². The van der Waals surface area contributed by atoms with E-state index in [2.05, 4.69) is 5.32 Å². The Morgan fingerprint density at radius 1 is 0.839 bits per heavy atom. The minimum Gasteiger partial charge on any atom is -0.504 e. The zero-order chi connectivity index (χ0) is 23.0. The number of carboxylic acids is 1. The molecule has 0 fully saturated rings. The monoisotopic (exact) mass is 429 g/mol. The standard InChI is InChI=1S/C21H19NO9/c23-14-5-1-12(9-16(14)25)3-7-19(27)22-11-18(21(29)30)31-20(28)8-4-13-2-6-15(24)17(26)10-13/h1-10,18,23-26H,11H2,(H,22,27)(H,29,30)/b7-3+,8-4+/t18-/m0/s1. The summed E-state index contributed by atoms with van der Waals surface area (Å²) >= 11 is 0. The quantitative estimate of drug-likeness (QED) is 0.206. The summed E-state index contributed by atoms with van der Waals surface area (Å²) in [5.74, 6) is -4.55. The molecule has 0 aliphatic rings. The number of aromatic hydroxyl groups is 4. The molecule has 0 heterocycles. The van der Waals surface area contributed by atoms with Crippen molar-refractivity contribution < 1.29 is 44.7 Å². The first-order valence-electron chi connectivity index (χ1n) is 8.77. The van der Waals surface area contributed by atoms with E-state index in [0.717, 1.165) is 12.2 Å². The fourth-order valence-corrected chi connectivity index (χ4v) is 2.24. The molecule has 0 aromatic heterocycles. The number of hydrogen-bond acceptors (Lipinski definition) is 8. The molecule has 0 saturated carbocycles. The molecular formula is C21H19NO9. The van der Waals surface area contributed by atoms with Crippen LogP contribution in [0.4, 0.5) is 0 Å². The van der Waals surface area contributed by atoms with E-state index in [0.29, 0.717) is 11.1 Å². The number of rotatable bonds is 8. The summed E-state index contributed by atoms with van der Waals surface area (Å²) in [6, 6.07) is 7.72. The van der Waals surface area contributed by atoms with Gasteiger partial charge >= 0.3 is 11.9 Å². The lowest BCUT2D eigenvalue weighted by molar-refractivity contribution is -0.160. The van der Waals surface area contributed by atoms with Crippen LogP contribution in [-0.2, 0) is 19.1 Å². The van der Waals surface area contributed by atoms with E-state index in [1.807, 2.05) is 0 Å². The number of carboxylic acid groups (broad SMARTS) is 1. The van der Waals surface area contributed by atoms with Crippen LogP contribution >= 0.6 is 0 Å². The third kappa shape index (κ3) is 7.13. The molecule has 0 saturated heterocycles. The molecule has 0 aliphatic carbocycles. The van der Waals surface area contributed by atoms with Gasteiger partial charge in [0.2, 0.25) is 12.0 Å². The van der Waals surface area contributed by atoms with Gasteiger partial charge in [0, 0.05) is 12.2 Å².